The summed E-state index contributed by atoms with van der Waals surface area (Å²) in [6.07, 6.45) is 6.49. The largest absolute Gasteiger partial charge is 0.326 e. The molecule has 0 fully saturated rings. The standard InChI is InChI=1S/C13H16N2OS/c1-17-12-4-2-3-11(8-12)15-13(16)9-5-6-10(14)7-9/h2-6,8-10H,7,14H2,1H3,(H,15,16). The van der Waals surface area contributed by atoms with E-state index >= 15 is 0 Å². The Bertz CT molecular complexity index is 445. The molecule has 2 unspecified atom stereocenters. The Labute approximate surface area is 105 Å². The minimum Gasteiger partial charge on any atom is -0.326 e. The molecule has 3 nitrogen and oxygen atoms in total. The third-order valence-electron chi connectivity index (χ3n) is 2.79. The topological polar surface area (TPSA) is 55.1 Å². The smallest absolute Gasteiger partial charge is 0.231 e. The molecule has 0 saturated carbocycles. The molecule has 0 saturated heterocycles. The molecule has 0 heterocycles. The van der Waals surface area contributed by atoms with Gasteiger partial charge in [0.15, 0.2) is 0 Å². The first-order chi connectivity index (χ1) is 8.19. The van der Waals surface area contributed by atoms with Crippen molar-refractivity contribution in [1.82, 2.24) is 0 Å². The van der Waals surface area contributed by atoms with Crippen LogP contribution in [0.3, 0.4) is 0 Å². The third kappa shape index (κ3) is 3.11. The fourth-order valence-electron chi connectivity index (χ4n) is 1.86. The summed E-state index contributed by atoms with van der Waals surface area (Å²) < 4.78 is 0. The van der Waals surface area contributed by atoms with Crippen LogP contribution in [-0.2, 0) is 4.79 Å². The number of nitrogens with two attached hydrogens (primary N) is 1. The van der Waals surface area contributed by atoms with Crippen molar-refractivity contribution in [3.8, 4) is 0 Å². The van der Waals surface area contributed by atoms with Crippen LogP contribution in [0.25, 0.3) is 0 Å². The van der Waals surface area contributed by atoms with Crippen molar-refractivity contribution in [2.24, 2.45) is 11.7 Å². The zero-order valence-electron chi connectivity index (χ0n) is 9.72. The number of hydrogen-bond acceptors (Lipinski definition) is 3. The van der Waals surface area contributed by atoms with E-state index in [4.69, 9.17) is 5.73 Å². The lowest BCUT2D eigenvalue weighted by Gasteiger charge is -2.11. The zero-order chi connectivity index (χ0) is 12.3. The van der Waals surface area contributed by atoms with Crippen LogP contribution in [0.15, 0.2) is 41.3 Å². The Morgan fingerprint density at radius 2 is 2.29 bits per heavy atom. The van der Waals surface area contributed by atoms with Crippen LogP contribution >= 0.6 is 11.8 Å². The Morgan fingerprint density at radius 3 is 2.94 bits per heavy atom. The summed E-state index contributed by atoms with van der Waals surface area (Å²) in [5, 5.41) is 2.92. The molecule has 4 heteroatoms. The summed E-state index contributed by atoms with van der Waals surface area (Å²) in [5.74, 6) is -0.0737. The fraction of sp³-hybridized carbons (Fsp3) is 0.308. The maximum atomic E-state index is 11.9. The molecule has 1 aromatic rings. The van der Waals surface area contributed by atoms with E-state index in [9.17, 15) is 4.79 Å². The highest BCUT2D eigenvalue weighted by molar-refractivity contribution is 7.98. The van der Waals surface area contributed by atoms with E-state index < -0.39 is 0 Å². The van der Waals surface area contributed by atoms with Gasteiger partial charge in [-0.2, -0.15) is 0 Å². The van der Waals surface area contributed by atoms with Gasteiger partial charge in [-0.1, -0.05) is 18.2 Å². The van der Waals surface area contributed by atoms with E-state index in [1.54, 1.807) is 11.8 Å². The maximum absolute atomic E-state index is 11.9. The summed E-state index contributed by atoms with van der Waals surface area (Å²) in [6.45, 7) is 0. The van der Waals surface area contributed by atoms with Crippen molar-refractivity contribution in [3.63, 3.8) is 0 Å². The van der Waals surface area contributed by atoms with E-state index in [2.05, 4.69) is 5.32 Å². The second kappa shape index (κ2) is 5.38. The van der Waals surface area contributed by atoms with Crippen molar-refractivity contribution in [2.45, 2.75) is 17.4 Å². The van der Waals surface area contributed by atoms with Crippen molar-refractivity contribution < 1.29 is 4.79 Å². The zero-order valence-corrected chi connectivity index (χ0v) is 10.5. The van der Waals surface area contributed by atoms with Crippen LogP contribution in [0.4, 0.5) is 5.69 Å². The Balaban J connectivity index is 2.00. The molecule has 0 bridgehead atoms. The lowest BCUT2D eigenvalue weighted by Crippen LogP contribution is -2.23. The van der Waals surface area contributed by atoms with Gasteiger partial charge in [-0.25, -0.2) is 0 Å². The molecule has 0 aliphatic heterocycles. The molecule has 3 N–H and O–H groups in total. The number of anilines is 1. The number of carbonyl (C=O) groups is 1. The van der Waals surface area contributed by atoms with Crippen molar-refractivity contribution in [2.75, 3.05) is 11.6 Å². The van der Waals surface area contributed by atoms with Gasteiger partial charge < -0.3 is 11.1 Å². The van der Waals surface area contributed by atoms with Gasteiger partial charge in [-0.3, -0.25) is 4.79 Å². The molecular weight excluding hydrogens is 232 g/mol. The quantitative estimate of drug-likeness (QED) is 0.637. The monoisotopic (exact) mass is 248 g/mol. The molecule has 2 atom stereocenters. The van der Waals surface area contributed by atoms with Gasteiger partial charge in [0.25, 0.3) is 0 Å². The molecule has 1 aliphatic rings. The predicted molar refractivity (Wildman–Crippen MR) is 72.1 cm³/mol. The normalized spacial score (nSPS) is 22.7. The Morgan fingerprint density at radius 1 is 1.47 bits per heavy atom. The molecule has 0 radical (unpaired) electrons. The molecule has 1 aromatic carbocycles. The number of benzene rings is 1. The van der Waals surface area contributed by atoms with Gasteiger partial charge in [0.05, 0.1) is 5.92 Å². The Hall–Kier alpha value is -1.26. The fourth-order valence-corrected chi connectivity index (χ4v) is 2.32. The number of thioether (sulfide) groups is 1. The summed E-state index contributed by atoms with van der Waals surface area (Å²) in [4.78, 5) is 13.1. The minimum atomic E-state index is -0.0945. The van der Waals surface area contributed by atoms with Crippen LogP contribution in [0.2, 0.25) is 0 Å². The van der Waals surface area contributed by atoms with Gasteiger partial charge in [0.2, 0.25) is 5.91 Å². The van der Waals surface area contributed by atoms with Crippen LogP contribution in [0.5, 0.6) is 0 Å². The first-order valence-corrected chi connectivity index (χ1v) is 6.80. The number of amides is 1. The van der Waals surface area contributed by atoms with Gasteiger partial charge in [-0.15, -0.1) is 11.8 Å². The van der Waals surface area contributed by atoms with Crippen molar-refractivity contribution in [3.05, 3.63) is 36.4 Å². The van der Waals surface area contributed by atoms with E-state index in [-0.39, 0.29) is 17.9 Å². The predicted octanol–water partition coefficient (Wildman–Crippen LogP) is 2.25. The molecule has 2 rings (SSSR count). The van der Waals surface area contributed by atoms with Gasteiger partial charge in [0.1, 0.15) is 0 Å². The molecule has 0 spiro atoms. The van der Waals surface area contributed by atoms with Gasteiger partial charge >= 0.3 is 0 Å². The number of rotatable bonds is 3. The average molecular weight is 248 g/mol. The SMILES string of the molecule is CSc1cccc(NC(=O)C2C=CC(N)C2)c1. The lowest BCUT2D eigenvalue weighted by atomic mass is 10.1. The molecule has 0 aromatic heterocycles. The highest BCUT2D eigenvalue weighted by Gasteiger charge is 2.22. The maximum Gasteiger partial charge on any atom is 0.231 e. The molecule has 17 heavy (non-hydrogen) atoms. The lowest BCUT2D eigenvalue weighted by molar-refractivity contribution is -0.118. The highest BCUT2D eigenvalue weighted by atomic mass is 32.2. The number of carbonyl (C=O) groups excluding carboxylic acids is 1. The highest BCUT2D eigenvalue weighted by Crippen LogP contribution is 2.22. The van der Waals surface area contributed by atoms with Gasteiger partial charge in [-0.05, 0) is 30.9 Å². The summed E-state index contributed by atoms with van der Waals surface area (Å²) in [7, 11) is 0. The summed E-state index contributed by atoms with van der Waals surface area (Å²) in [5.41, 5.74) is 6.58. The second-order valence-corrected chi connectivity index (χ2v) is 4.99. The Kier molecular flexibility index (Phi) is 3.86. The minimum absolute atomic E-state index is 0.0169. The van der Waals surface area contributed by atoms with E-state index in [0.717, 1.165) is 10.6 Å². The summed E-state index contributed by atoms with van der Waals surface area (Å²) in [6, 6.07) is 7.85. The van der Waals surface area contributed by atoms with E-state index in [1.807, 2.05) is 42.7 Å². The number of nitrogens with one attached hydrogen (secondary N) is 1. The van der Waals surface area contributed by atoms with Gasteiger partial charge in [0, 0.05) is 16.6 Å². The molecule has 1 amide bonds. The van der Waals surface area contributed by atoms with Crippen LogP contribution in [0, 0.1) is 5.92 Å². The van der Waals surface area contributed by atoms with E-state index in [0.29, 0.717) is 6.42 Å². The number of hydrogen-bond donors (Lipinski definition) is 2. The molecule has 90 valence electrons. The molecular formula is C13H16N2OS. The van der Waals surface area contributed by atoms with Crippen LogP contribution in [0.1, 0.15) is 6.42 Å². The first-order valence-electron chi connectivity index (χ1n) is 5.58. The third-order valence-corrected chi connectivity index (χ3v) is 3.52. The first kappa shape index (κ1) is 12.2. The molecule has 1 aliphatic carbocycles. The summed E-state index contributed by atoms with van der Waals surface area (Å²) >= 11 is 1.66. The van der Waals surface area contributed by atoms with Crippen LogP contribution in [-0.4, -0.2) is 18.2 Å². The van der Waals surface area contributed by atoms with Crippen molar-refractivity contribution in [1.29, 1.82) is 0 Å². The van der Waals surface area contributed by atoms with E-state index in [1.165, 1.54) is 0 Å². The average Bonchev–Trinajstić information content (AvgIpc) is 2.76. The van der Waals surface area contributed by atoms with Crippen molar-refractivity contribution >= 4 is 23.4 Å². The van der Waals surface area contributed by atoms with Crippen LogP contribution < -0.4 is 11.1 Å². The second-order valence-electron chi connectivity index (χ2n) is 4.11.